The second kappa shape index (κ2) is 4.30. The van der Waals surface area contributed by atoms with E-state index in [1.54, 1.807) is 0 Å². The maximum atomic E-state index is 10.1. The topological polar surface area (TPSA) is 77.8 Å². The Bertz CT molecular complexity index is 110. The van der Waals surface area contributed by atoms with Crippen LogP contribution in [-0.4, -0.2) is 32.7 Å². The van der Waals surface area contributed by atoms with E-state index in [1.807, 2.05) is 0 Å². The van der Waals surface area contributed by atoms with E-state index in [1.165, 1.54) is 0 Å². The van der Waals surface area contributed by atoms with Crippen LogP contribution in [0.1, 0.15) is 0 Å². The number of aliphatic hydroxyl groups excluding tert-OH is 1. The van der Waals surface area contributed by atoms with Crippen molar-refractivity contribution in [1.82, 2.24) is 0 Å². The summed E-state index contributed by atoms with van der Waals surface area (Å²) in [7, 11) is -3.84. The Hall–Kier alpha value is 0.460. The molecule has 0 aromatic carbocycles. The summed E-state index contributed by atoms with van der Waals surface area (Å²) in [6, 6.07) is 0. The number of rotatable bonds is 4. The molecule has 56 valence electrons. The summed E-state index contributed by atoms with van der Waals surface area (Å²) in [4.78, 5) is 16.5. The van der Waals surface area contributed by atoms with Crippen molar-refractivity contribution in [3.8, 4) is 0 Å². The molecule has 4 nitrogen and oxygen atoms in total. The van der Waals surface area contributed by atoms with Gasteiger partial charge in [-0.1, -0.05) is 0 Å². The molecule has 0 spiro atoms. The zero-order valence-electron chi connectivity index (χ0n) is 4.73. The molecule has 0 heterocycles. The van der Waals surface area contributed by atoms with Crippen LogP contribution in [0.4, 0.5) is 0 Å². The average Bonchev–Trinajstić information content (AvgIpc) is 1.63. The van der Waals surface area contributed by atoms with Crippen LogP contribution in [0.15, 0.2) is 0 Å². The fourth-order valence-corrected chi connectivity index (χ4v) is 1.84. The van der Waals surface area contributed by atoms with Gasteiger partial charge >= 0.3 is 7.60 Å². The van der Waals surface area contributed by atoms with E-state index < -0.39 is 7.60 Å². The Morgan fingerprint density at radius 3 is 2.33 bits per heavy atom. The summed E-state index contributed by atoms with van der Waals surface area (Å²) in [6.07, 6.45) is 0. The van der Waals surface area contributed by atoms with E-state index in [9.17, 15) is 4.57 Å². The predicted octanol–water partition coefficient (Wildman–Crippen LogP) is -0.153. The summed E-state index contributed by atoms with van der Waals surface area (Å²) in [5.74, 6) is 0.380. The summed E-state index contributed by atoms with van der Waals surface area (Å²) in [6.45, 7) is -0.0370. The molecule has 0 aliphatic heterocycles. The zero-order valence-corrected chi connectivity index (χ0v) is 6.44. The monoisotopic (exact) mass is 172 g/mol. The van der Waals surface area contributed by atoms with Gasteiger partial charge < -0.3 is 14.9 Å². The minimum Gasteiger partial charge on any atom is -0.396 e. The number of hydrogen-bond donors (Lipinski definition) is 3. The van der Waals surface area contributed by atoms with E-state index in [4.69, 9.17) is 14.9 Å². The van der Waals surface area contributed by atoms with Gasteiger partial charge in [0.25, 0.3) is 0 Å². The first-order chi connectivity index (χ1) is 4.06. The van der Waals surface area contributed by atoms with Crippen molar-refractivity contribution in [3.05, 3.63) is 0 Å². The van der Waals surface area contributed by atoms with Crippen molar-refractivity contribution in [2.45, 2.75) is 0 Å². The van der Waals surface area contributed by atoms with Crippen LogP contribution in [0.2, 0.25) is 0 Å². The quantitative estimate of drug-likeness (QED) is 0.406. The highest BCUT2D eigenvalue weighted by Crippen LogP contribution is 2.38. The Morgan fingerprint density at radius 1 is 1.44 bits per heavy atom. The van der Waals surface area contributed by atoms with Crippen LogP contribution in [-0.2, 0) is 4.57 Å². The maximum Gasteiger partial charge on any atom is 0.335 e. The van der Waals surface area contributed by atoms with E-state index in [2.05, 4.69) is 0 Å². The van der Waals surface area contributed by atoms with Crippen LogP contribution >= 0.6 is 19.4 Å². The Balaban J connectivity index is 3.18. The van der Waals surface area contributed by atoms with Crippen molar-refractivity contribution in [2.24, 2.45) is 0 Å². The minimum absolute atomic E-state index is 0.0370. The zero-order chi connectivity index (χ0) is 7.33. The van der Waals surface area contributed by atoms with Crippen molar-refractivity contribution in [2.75, 3.05) is 17.9 Å². The van der Waals surface area contributed by atoms with Crippen LogP contribution in [0.25, 0.3) is 0 Å². The lowest BCUT2D eigenvalue weighted by Crippen LogP contribution is -1.88. The molecule has 9 heavy (non-hydrogen) atoms. The van der Waals surface area contributed by atoms with E-state index in [-0.39, 0.29) is 12.1 Å². The Labute approximate surface area is 57.4 Å². The highest BCUT2D eigenvalue weighted by molar-refractivity contribution is 8.04. The van der Waals surface area contributed by atoms with Gasteiger partial charge in [0, 0.05) is 5.75 Å². The number of aliphatic hydroxyl groups is 1. The third kappa shape index (κ3) is 8.46. The van der Waals surface area contributed by atoms with Gasteiger partial charge in [0.15, 0.2) is 0 Å². The molecule has 0 rings (SSSR count). The van der Waals surface area contributed by atoms with Gasteiger partial charge in [0.05, 0.1) is 12.1 Å². The normalized spacial score (nSPS) is 11.9. The summed E-state index contributed by atoms with van der Waals surface area (Å²) < 4.78 is 10.1. The van der Waals surface area contributed by atoms with E-state index >= 15 is 0 Å². The van der Waals surface area contributed by atoms with Crippen LogP contribution in [0.5, 0.6) is 0 Å². The van der Waals surface area contributed by atoms with Crippen molar-refractivity contribution in [1.29, 1.82) is 0 Å². The Kier molecular flexibility index (Phi) is 4.52. The van der Waals surface area contributed by atoms with Gasteiger partial charge in [-0.05, 0) is 0 Å². The molecular weight excluding hydrogens is 163 g/mol. The van der Waals surface area contributed by atoms with Gasteiger partial charge in [-0.3, -0.25) is 4.57 Å². The van der Waals surface area contributed by atoms with Gasteiger partial charge in [-0.15, -0.1) is 11.8 Å². The average molecular weight is 172 g/mol. The summed E-state index contributed by atoms with van der Waals surface area (Å²) in [5.41, 5.74) is -0.201. The first kappa shape index (κ1) is 9.46. The molecule has 0 aromatic rings. The highest BCUT2D eigenvalue weighted by Gasteiger charge is 2.10. The van der Waals surface area contributed by atoms with Crippen molar-refractivity contribution in [3.63, 3.8) is 0 Å². The summed E-state index contributed by atoms with van der Waals surface area (Å²) >= 11 is 1.05. The molecule has 0 unspecified atom stereocenters. The van der Waals surface area contributed by atoms with Gasteiger partial charge in [0.2, 0.25) is 0 Å². The highest BCUT2D eigenvalue weighted by atomic mass is 32.2. The molecule has 0 atom stereocenters. The molecule has 0 aliphatic carbocycles. The molecule has 0 radical (unpaired) electrons. The predicted molar refractivity (Wildman–Crippen MR) is 36.5 cm³/mol. The maximum absolute atomic E-state index is 10.1. The third-order valence-electron chi connectivity index (χ3n) is 0.495. The standard InChI is InChI=1S/C3H9O4PS/c4-1-2-9-3-8(5,6)7/h4H,1-3H2,(H2,5,6,7). The SMILES string of the molecule is O=P(O)(O)CSCCO. The molecule has 3 N–H and O–H groups in total. The number of hydrogen-bond acceptors (Lipinski definition) is 3. The molecule has 0 saturated carbocycles. The third-order valence-corrected chi connectivity index (χ3v) is 3.04. The smallest absolute Gasteiger partial charge is 0.335 e. The van der Waals surface area contributed by atoms with E-state index in [0.717, 1.165) is 11.8 Å². The first-order valence-corrected chi connectivity index (χ1v) is 5.24. The molecule has 0 bridgehead atoms. The lowest BCUT2D eigenvalue weighted by atomic mass is 10.9. The van der Waals surface area contributed by atoms with Crippen molar-refractivity contribution >= 4 is 19.4 Å². The number of thioether (sulfide) groups is 1. The van der Waals surface area contributed by atoms with E-state index in [0.29, 0.717) is 5.75 Å². The largest absolute Gasteiger partial charge is 0.396 e. The molecular formula is C3H9O4PS. The second-order valence-electron chi connectivity index (χ2n) is 1.43. The lowest BCUT2D eigenvalue weighted by molar-refractivity contribution is 0.322. The van der Waals surface area contributed by atoms with Gasteiger partial charge in [-0.2, -0.15) is 0 Å². The van der Waals surface area contributed by atoms with Crippen LogP contribution in [0.3, 0.4) is 0 Å². The van der Waals surface area contributed by atoms with Gasteiger partial charge in [0.1, 0.15) is 0 Å². The van der Waals surface area contributed by atoms with Crippen LogP contribution < -0.4 is 0 Å². The molecule has 6 heteroatoms. The molecule has 0 aliphatic rings. The van der Waals surface area contributed by atoms with Crippen LogP contribution in [0, 0.1) is 0 Å². The lowest BCUT2D eigenvalue weighted by Gasteiger charge is -2.00. The molecule has 0 aromatic heterocycles. The molecule has 0 amide bonds. The first-order valence-electron chi connectivity index (χ1n) is 2.29. The fourth-order valence-electron chi connectivity index (χ4n) is 0.248. The second-order valence-corrected chi connectivity index (χ2v) is 4.60. The molecule has 0 saturated heterocycles. The fraction of sp³-hybridized carbons (Fsp3) is 1.00. The Morgan fingerprint density at radius 2 is 2.00 bits per heavy atom. The summed E-state index contributed by atoms with van der Waals surface area (Å²) in [5, 5.41) is 8.19. The van der Waals surface area contributed by atoms with Gasteiger partial charge in [-0.25, -0.2) is 0 Å². The minimum atomic E-state index is -3.84. The van der Waals surface area contributed by atoms with Crippen molar-refractivity contribution < 1.29 is 19.5 Å². The molecule has 0 fully saturated rings.